The summed E-state index contributed by atoms with van der Waals surface area (Å²) in [4.78, 5) is 45.8. The Morgan fingerprint density at radius 2 is 1.59 bits per heavy atom. The SMILES string of the molecule is COc1cc(C(=O)[C@@H]2[C@@H]3CCCN3[C@]3(C(=O)Nc4ccc(F)cc43)[C@@]23C(=O)Nc2ccccc23)cc(OC)c1OC. The zero-order valence-corrected chi connectivity index (χ0v) is 22.7. The quantitative estimate of drug-likeness (QED) is 0.459. The summed E-state index contributed by atoms with van der Waals surface area (Å²) in [5.74, 6) is -1.86. The van der Waals surface area contributed by atoms with Crippen LogP contribution in [-0.2, 0) is 20.5 Å². The molecule has 0 saturated carbocycles. The normalized spacial score (nSPS) is 27.4. The molecule has 41 heavy (non-hydrogen) atoms. The van der Waals surface area contributed by atoms with E-state index in [4.69, 9.17) is 14.2 Å². The second-order valence-corrected chi connectivity index (χ2v) is 10.8. The van der Waals surface area contributed by atoms with Gasteiger partial charge < -0.3 is 24.8 Å². The summed E-state index contributed by atoms with van der Waals surface area (Å²) < 4.78 is 31.5. The van der Waals surface area contributed by atoms with Gasteiger partial charge >= 0.3 is 0 Å². The molecule has 7 rings (SSSR count). The van der Waals surface area contributed by atoms with E-state index < -0.39 is 40.5 Å². The Labute approximate surface area is 235 Å². The van der Waals surface area contributed by atoms with Crippen LogP contribution in [0.2, 0.25) is 0 Å². The summed E-state index contributed by atoms with van der Waals surface area (Å²) in [5.41, 5.74) is -1.22. The van der Waals surface area contributed by atoms with Crippen molar-refractivity contribution in [2.24, 2.45) is 5.92 Å². The van der Waals surface area contributed by atoms with Crippen LogP contribution in [-0.4, -0.2) is 56.4 Å². The molecule has 0 radical (unpaired) electrons. The smallest absolute Gasteiger partial charge is 0.251 e. The van der Waals surface area contributed by atoms with E-state index in [-0.39, 0.29) is 11.3 Å². The zero-order chi connectivity index (χ0) is 28.7. The Balaban J connectivity index is 1.55. The number of hydrogen-bond acceptors (Lipinski definition) is 7. The molecule has 0 bridgehead atoms. The maximum absolute atomic E-state index is 14.9. The summed E-state index contributed by atoms with van der Waals surface area (Å²) in [6, 6.07) is 13.9. The van der Waals surface area contributed by atoms with Gasteiger partial charge in [-0.3, -0.25) is 19.3 Å². The Kier molecular flexibility index (Phi) is 5.46. The van der Waals surface area contributed by atoms with Crippen LogP contribution >= 0.6 is 0 Å². The van der Waals surface area contributed by atoms with Crippen LogP contribution in [0.15, 0.2) is 54.6 Å². The van der Waals surface area contributed by atoms with Crippen LogP contribution in [0.1, 0.15) is 34.3 Å². The third kappa shape index (κ3) is 2.95. The number of carbonyl (C=O) groups excluding carboxylic acids is 3. The zero-order valence-electron chi connectivity index (χ0n) is 22.7. The summed E-state index contributed by atoms with van der Waals surface area (Å²) in [5, 5.41) is 5.90. The number of rotatable bonds is 5. The molecule has 10 heteroatoms. The van der Waals surface area contributed by atoms with Crippen LogP contribution in [0.3, 0.4) is 0 Å². The fourth-order valence-corrected chi connectivity index (χ4v) is 7.95. The number of fused-ring (bicyclic) bond motifs is 7. The van der Waals surface area contributed by atoms with Gasteiger partial charge in [-0.05, 0) is 61.3 Å². The van der Waals surface area contributed by atoms with E-state index in [9.17, 15) is 18.8 Å². The van der Waals surface area contributed by atoms with Crippen LogP contribution in [0.4, 0.5) is 15.8 Å². The molecule has 4 heterocycles. The molecule has 210 valence electrons. The fourth-order valence-electron chi connectivity index (χ4n) is 7.95. The molecule has 3 aromatic carbocycles. The van der Waals surface area contributed by atoms with Crippen molar-refractivity contribution >= 4 is 29.0 Å². The number of Topliss-reactive ketones (excluding diaryl/α,β-unsaturated/α-hetero) is 1. The lowest BCUT2D eigenvalue weighted by Gasteiger charge is -2.43. The first-order valence-electron chi connectivity index (χ1n) is 13.5. The van der Waals surface area contributed by atoms with E-state index in [0.717, 1.165) is 0 Å². The summed E-state index contributed by atoms with van der Waals surface area (Å²) in [6.07, 6.45) is 1.29. The van der Waals surface area contributed by atoms with Gasteiger partial charge in [0.15, 0.2) is 17.3 Å². The van der Waals surface area contributed by atoms with Crippen molar-refractivity contribution in [2.45, 2.75) is 29.8 Å². The molecule has 4 atom stereocenters. The maximum atomic E-state index is 14.9. The van der Waals surface area contributed by atoms with Crippen molar-refractivity contribution in [1.29, 1.82) is 0 Å². The molecule has 4 aliphatic heterocycles. The van der Waals surface area contributed by atoms with E-state index in [1.165, 1.54) is 39.5 Å². The van der Waals surface area contributed by atoms with Gasteiger partial charge in [0.25, 0.3) is 5.91 Å². The number of methoxy groups -OCH3 is 3. The standard InChI is InChI=1S/C31H28FN3O6/c1-39-23-13-16(14-24(40-2)27(23)41-3)26(36)25-22-9-6-12-35(22)31(19-15-17(32)10-11-21(19)34-29(31)38)30(25)18-7-4-5-8-20(18)33-28(30)37/h4-5,7-8,10-11,13-15,22,25H,6,9,12H2,1-3H3,(H,33,37)(H,34,38)/t22-,25-,30+,31+/m0/s1. The van der Waals surface area contributed by atoms with E-state index in [0.29, 0.717) is 59.1 Å². The van der Waals surface area contributed by atoms with Gasteiger partial charge in [0.2, 0.25) is 11.7 Å². The Hall–Kier alpha value is -4.44. The topological polar surface area (TPSA) is 106 Å². The summed E-state index contributed by atoms with van der Waals surface area (Å²) in [6.45, 7) is 0.463. The first kappa shape index (κ1) is 25.5. The first-order chi connectivity index (χ1) is 19.8. The molecule has 2 amide bonds. The second-order valence-electron chi connectivity index (χ2n) is 10.8. The number of nitrogens with one attached hydrogen (secondary N) is 2. The number of anilines is 2. The fraction of sp³-hybridized carbons (Fsp3) is 0.323. The van der Waals surface area contributed by atoms with Gasteiger partial charge in [-0.25, -0.2) is 4.39 Å². The number of carbonyl (C=O) groups is 3. The number of ketones is 1. The number of ether oxygens (including phenoxy) is 3. The molecule has 9 nitrogen and oxygen atoms in total. The molecule has 2 N–H and O–H groups in total. The van der Waals surface area contributed by atoms with Crippen LogP contribution in [0.25, 0.3) is 0 Å². The predicted molar refractivity (Wildman–Crippen MR) is 147 cm³/mol. The second kappa shape index (κ2) is 8.78. The third-order valence-corrected chi connectivity index (χ3v) is 9.29. The van der Waals surface area contributed by atoms with Crippen LogP contribution < -0.4 is 24.8 Å². The number of amides is 2. The number of para-hydroxylation sites is 1. The lowest BCUT2D eigenvalue weighted by molar-refractivity contribution is -0.137. The lowest BCUT2D eigenvalue weighted by Crippen LogP contribution is -2.62. The van der Waals surface area contributed by atoms with E-state index >= 15 is 0 Å². The summed E-state index contributed by atoms with van der Waals surface area (Å²) in [7, 11) is 4.40. The largest absolute Gasteiger partial charge is 0.493 e. The van der Waals surface area contributed by atoms with Gasteiger partial charge in [-0.2, -0.15) is 0 Å². The highest BCUT2D eigenvalue weighted by atomic mass is 19.1. The average Bonchev–Trinajstić information content (AvgIpc) is 3.70. The molecule has 0 unspecified atom stereocenters. The van der Waals surface area contributed by atoms with Gasteiger partial charge in [0.05, 0.1) is 27.2 Å². The molecule has 4 aliphatic rings. The minimum absolute atomic E-state index is 0.253. The van der Waals surface area contributed by atoms with Crippen LogP contribution in [0.5, 0.6) is 17.2 Å². The first-order valence-corrected chi connectivity index (χ1v) is 13.5. The number of halogens is 1. The molecule has 2 spiro atoms. The molecular formula is C31H28FN3O6. The molecule has 3 aromatic rings. The Morgan fingerprint density at radius 1 is 0.902 bits per heavy atom. The highest BCUT2D eigenvalue weighted by Gasteiger charge is 2.81. The number of benzene rings is 3. The van der Waals surface area contributed by atoms with Crippen molar-refractivity contribution in [2.75, 3.05) is 38.5 Å². The number of hydrogen-bond donors (Lipinski definition) is 2. The average molecular weight is 558 g/mol. The van der Waals surface area contributed by atoms with Gasteiger partial charge in [0, 0.05) is 28.5 Å². The van der Waals surface area contributed by atoms with Crippen molar-refractivity contribution < 1.29 is 33.0 Å². The molecule has 0 aromatic heterocycles. The lowest BCUT2D eigenvalue weighted by atomic mass is 9.57. The van der Waals surface area contributed by atoms with Crippen molar-refractivity contribution in [3.63, 3.8) is 0 Å². The van der Waals surface area contributed by atoms with Gasteiger partial charge in [-0.1, -0.05) is 18.2 Å². The van der Waals surface area contributed by atoms with Gasteiger partial charge in [0.1, 0.15) is 16.8 Å². The molecular weight excluding hydrogens is 529 g/mol. The summed E-state index contributed by atoms with van der Waals surface area (Å²) >= 11 is 0. The highest BCUT2D eigenvalue weighted by molar-refractivity contribution is 6.21. The Bertz CT molecular complexity index is 1630. The van der Waals surface area contributed by atoms with E-state index in [1.807, 2.05) is 4.90 Å². The highest BCUT2D eigenvalue weighted by Crippen LogP contribution is 2.68. The minimum atomic E-state index is -1.69. The van der Waals surface area contributed by atoms with E-state index in [1.54, 1.807) is 36.4 Å². The number of nitrogens with zero attached hydrogens (tertiary/aromatic N) is 1. The molecule has 2 saturated heterocycles. The maximum Gasteiger partial charge on any atom is 0.251 e. The molecule has 2 fully saturated rings. The van der Waals surface area contributed by atoms with E-state index in [2.05, 4.69) is 10.6 Å². The van der Waals surface area contributed by atoms with Crippen molar-refractivity contribution in [3.05, 3.63) is 77.1 Å². The Morgan fingerprint density at radius 3 is 2.29 bits per heavy atom. The van der Waals surface area contributed by atoms with Gasteiger partial charge in [-0.15, -0.1) is 0 Å². The van der Waals surface area contributed by atoms with Crippen LogP contribution in [0, 0.1) is 11.7 Å². The molecule has 0 aliphatic carbocycles. The minimum Gasteiger partial charge on any atom is -0.493 e. The van der Waals surface area contributed by atoms with Crippen molar-refractivity contribution in [1.82, 2.24) is 4.90 Å². The van der Waals surface area contributed by atoms with Crippen molar-refractivity contribution in [3.8, 4) is 17.2 Å². The predicted octanol–water partition coefficient (Wildman–Crippen LogP) is 3.87. The monoisotopic (exact) mass is 557 g/mol. The third-order valence-electron chi connectivity index (χ3n) is 9.29.